The Morgan fingerprint density at radius 1 is 1.30 bits per heavy atom. The van der Waals surface area contributed by atoms with Crippen molar-refractivity contribution in [3.05, 3.63) is 0 Å². The Balaban J connectivity index is 1.70. The van der Waals surface area contributed by atoms with Crippen LogP contribution in [-0.2, 0) is 9.59 Å². The molecule has 1 atom stereocenters. The maximum absolute atomic E-state index is 12.3. The van der Waals surface area contributed by atoms with Gasteiger partial charge in [0.15, 0.2) is 0 Å². The van der Waals surface area contributed by atoms with Gasteiger partial charge in [0, 0.05) is 46.2 Å². The molecule has 112 valence electrons. The van der Waals surface area contributed by atoms with Crippen LogP contribution in [0.15, 0.2) is 4.99 Å². The molecule has 0 aromatic carbocycles. The van der Waals surface area contributed by atoms with Crippen LogP contribution in [0.5, 0.6) is 0 Å². The van der Waals surface area contributed by atoms with Gasteiger partial charge in [0.1, 0.15) is 6.04 Å². The van der Waals surface area contributed by atoms with Crippen LogP contribution in [0.3, 0.4) is 0 Å². The third-order valence-electron chi connectivity index (χ3n) is 3.87. The Hall–Kier alpha value is -1.43. The van der Waals surface area contributed by atoms with Gasteiger partial charge in [-0.05, 0) is 25.5 Å². The lowest BCUT2D eigenvalue weighted by atomic mass is 10.1. The molecule has 2 aliphatic rings. The van der Waals surface area contributed by atoms with E-state index in [1.807, 2.05) is 11.1 Å². The van der Waals surface area contributed by atoms with E-state index >= 15 is 0 Å². The lowest BCUT2D eigenvalue weighted by Gasteiger charge is -2.36. The summed E-state index contributed by atoms with van der Waals surface area (Å²) in [6, 6.07) is -0.144. The highest BCUT2D eigenvalue weighted by Crippen LogP contribution is 2.14. The predicted octanol–water partition coefficient (Wildman–Crippen LogP) is -0.110. The number of carbonyl (C=O) groups is 2. The third-order valence-corrected chi connectivity index (χ3v) is 3.87. The fraction of sp³-hybridized carbons (Fsp3) is 0.786. The summed E-state index contributed by atoms with van der Waals surface area (Å²) in [4.78, 5) is 31.6. The molecule has 6 heteroatoms. The van der Waals surface area contributed by atoms with Gasteiger partial charge in [-0.2, -0.15) is 0 Å². The van der Waals surface area contributed by atoms with Gasteiger partial charge < -0.3 is 10.2 Å². The Labute approximate surface area is 120 Å². The molecule has 0 radical (unpaired) electrons. The van der Waals surface area contributed by atoms with E-state index in [2.05, 4.69) is 15.2 Å². The van der Waals surface area contributed by atoms with E-state index < -0.39 is 0 Å². The number of amides is 2. The second kappa shape index (κ2) is 7.38. The number of aliphatic imine (C=N–C) groups is 1. The number of nitrogens with zero attached hydrogens (tertiary/aromatic N) is 3. The van der Waals surface area contributed by atoms with Crippen molar-refractivity contribution in [3.63, 3.8) is 0 Å². The second-order valence-corrected chi connectivity index (χ2v) is 5.43. The monoisotopic (exact) mass is 280 g/mol. The van der Waals surface area contributed by atoms with Crippen LogP contribution in [0.2, 0.25) is 0 Å². The molecule has 0 spiro atoms. The highest BCUT2D eigenvalue weighted by Gasteiger charge is 2.27. The zero-order valence-corrected chi connectivity index (χ0v) is 12.2. The van der Waals surface area contributed by atoms with Gasteiger partial charge in [-0.15, -0.1) is 0 Å². The van der Waals surface area contributed by atoms with Crippen LogP contribution in [-0.4, -0.2) is 73.1 Å². The molecule has 6 nitrogen and oxygen atoms in total. The van der Waals surface area contributed by atoms with Gasteiger partial charge in [0.2, 0.25) is 11.8 Å². The van der Waals surface area contributed by atoms with E-state index in [9.17, 15) is 9.59 Å². The van der Waals surface area contributed by atoms with Gasteiger partial charge in [0.25, 0.3) is 0 Å². The van der Waals surface area contributed by atoms with E-state index in [1.54, 1.807) is 0 Å². The summed E-state index contributed by atoms with van der Waals surface area (Å²) >= 11 is 0. The van der Waals surface area contributed by atoms with Gasteiger partial charge in [-0.25, -0.2) is 0 Å². The smallest absolute Gasteiger partial charge is 0.247 e. The number of nitrogens with one attached hydrogen (secondary N) is 1. The minimum Gasteiger partial charge on any atom is -0.355 e. The fourth-order valence-corrected chi connectivity index (χ4v) is 2.66. The SMILES string of the molecule is CC(=O)NCCN1CCN(C(=O)C2CCCC=N2)CC1. The molecule has 2 rings (SSSR count). The normalized spacial score (nSPS) is 23.6. The minimum atomic E-state index is -0.144. The standard InChI is InChI=1S/C14H24N4O2/c1-12(19)15-6-7-17-8-10-18(11-9-17)14(20)13-4-2-3-5-16-13/h5,13H,2-4,6-11H2,1H3,(H,15,19). The van der Waals surface area contributed by atoms with Crippen LogP contribution in [0.4, 0.5) is 0 Å². The molecule has 0 aliphatic carbocycles. The number of piperazine rings is 1. The van der Waals surface area contributed by atoms with E-state index in [-0.39, 0.29) is 17.9 Å². The molecular weight excluding hydrogens is 256 g/mol. The molecule has 2 heterocycles. The zero-order chi connectivity index (χ0) is 14.4. The lowest BCUT2D eigenvalue weighted by molar-refractivity contribution is -0.134. The molecular formula is C14H24N4O2. The van der Waals surface area contributed by atoms with Crippen molar-refractivity contribution in [1.29, 1.82) is 0 Å². The Kier molecular flexibility index (Phi) is 5.52. The van der Waals surface area contributed by atoms with Crippen LogP contribution in [0, 0.1) is 0 Å². The molecule has 2 amide bonds. The van der Waals surface area contributed by atoms with Crippen molar-refractivity contribution >= 4 is 18.0 Å². The molecule has 0 aromatic heterocycles. The average Bonchev–Trinajstić information content (AvgIpc) is 2.48. The Morgan fingerprint density at radius 2 is 2.05 bits per heavy atom. The maximum atomic E-state index is 12.3. The summed E-state index contributed by atoms with van der Waals surface area (Å²) in [7, 11) is 0. The first-order valence-electron chi connectivity index (χ1n) is 7.44. The molecule has 1 saturated heterocycles. The average molecular weight is 280 g/mol. The largest absolute Gasteiger partial charge is 0.355 e. The van der Waals surface area contributed by atoms with E-state index in [1.165, 1.54) is 6.92 Å². The molecule has 0 saturated carbocycles. The second-order valence-electron chi connectivity index (χ2n) is 5.43. The number of carbonyl (C=O) groups excluding carboxylic acids is 2. The van der Waals surface area contributed by atoms with Gasteiger partial charge in [0.05, 0.1) is 0 Å². The summed E-state index contributed by atoms with van der Waals surface area (Å²) in [6.45, 7) is 6.35. The first-order valence-corrected chi connectivity index (χ1v) is 7.44. The highest BCUT2D eigenvalue weighted by molar-refractivity contribution is 5.84. The summed E-state index contributed by atoms with van der Waals surface area (Å²) < 4.78 is 0. The van der Waals surface area contributed by atoms with Crippen molar-refractivity contribution < 1.29 is 9.59 Å². The van der Waals surface area contributed by atoms with Crippen LogP contribution in [0.25, 0.3) is 0 Å². The van der Waals surface area contributed by atoms with Gasteiger partial charge in [-0.1, -0.05) is 0 Å². The third kappa shape index (κ3) is 4.30. The molecule has 2 aliphatic heterocycles. The zero-order valence-electron chi connectivity index (χ0n) is 12.2. The first-order chi connectivity index (χ1) is 9.66. The minimum absolute atomic E-state index is 0.00831. The fourth-order valence-electron chi connectivity index (χ4n) is 2.66. The van der Waals surface area contributed by atoms with Gasteiger partial charge >= 0.3 is 0 Å². The topological polar surface area (TPSA) is 65.0 Å². The predicted molar refractivity (Wildman–Crippen MR) is 77.8 cm³/mol. The Morgan fingerprint density at radius 3 is 2.65 bits per heavy atom. The van der Waals surface area contributed by atoms with Crippen LogP contribution < -0.4 is 5.32 Å². The van der Waals surface area contributed by atoms with Crippen LogP contribution in [0.1, 0.15) is 26.2 Å². The number of rotatable bonds is 4. The number of hydrogen-bond acceptors (Lipinski definition) is 4. The molecule has 1 unspecified atom stereocenters. The molecule has 20 heavy (non-hydrogen) atoms. The summed E-state index contributed by atoms with van der Waals surface area (Å²) in [5, 5.41) is 2.80. The van der Waals surface area contributed by atoms with Crippen molar-refractivity contribution in [1.82, 2.24) is 15.1 Å². The van der Waals surface area contributed by atoms with Crippen LogP contribution >= 0.6 is 0 Å². The summed E-state index contributed by atoms with van der Waals surface area (Å²) in [5.41, 5.74) is 0. The quantitative estimate of drug-likeness (QED) is 0.781. The molecule has 0 bridgehead atoms. The highest BCUT2D eigenvalue weighted by atomic mass is 16.2. The molecule has 1 N–H and O–H groups in total. The maximum Gasteiger partial charge on any atom is 0.247 e. The van der Waals surface area contributed by atoms with Crippen molar-refractivity contribution in [2.75, 3.05) is 39.3 Å². The van der Waals surface area contributed by atoms with E-state index in [4.69, 9.17) is 0 Å². The van der Waals surface area contributed by atoms with Gasteiger partial charge in [-0.3, -0.25) is 19.5 Å². The Bertz CT molecular complexity index is 375. The summed E-state index contributed by atoms with van der Waals surface area (Å²) in [6.07, 6.45) is 4.84. The van der Waals surface area contributed by atoms with E-state index in [0.717, 1.165) is 52.0 Å². The summed E-state index contributed by atoms with van der Waals surface area (Å²) in [5.74, 6) is 0.191. The van der Waals surface area contributed by atoms with E-state index in [0.29, 0.717) is 6.54 Å². The van der Waals surface area contributed by atoms with Crippen molar-refractivity contribution in [2.24, 2.45) is 4.99 Å². The first kappa shape index (κ1) is 15.0. The van der Waals surface area contributed by atoms with Crippen molar-refractivity contribution in [2.45, 2.75) is 32.2 Å². The molecule has 0 aromatic rings. The lowest BCUT2D eigenvalue weighted by Crippen LogP contribution is -2.52. The molecule has 1 fully saturated rings. The van der Waals surface area contributed by atoms with Crippen molar-refractivity contribution in [3.8, 4) is 0 Å². The number of hydrogen-bond donors (Lipinski definition) is 1.